The lowest BCUT2D eigenvalue weighted by Gasteiger charge is -2.11. The van der Waals surface area contributed by atoms with Crippen LogP contribution in [0.3, 0.4) is 0 Å². The lowest BCUT2D eigenvalue weighted by Crippen LogP contribution is -2.30. The molecule has 3 rings (SSSR count). The number of hydrogen-bond donors (Lipinski definition) is 1. The molecule has 5 heteroatoms. The van der Waals surface area contributed by atoms with Gasteiger partial charge in [0, 0.05) is 40.7 Å². The predicted molar refractivity (Wildman–Crippen MR) is 96.3 cm³/mol. The second-order valence-electron chi connectivity index (χ2n) is 5.63. The summed E-state index contributed by atoms with van der Waals surface area (Å²) in [4.78, 5) is 6.99. The van der Waals surface area contributed by atoms with Crippen LogP contribution in [0.4, 0.5) is 11.4 Å². The topological polar surface area (TPSA) is 51.4 Å². The average Bonchev–Trinajstić information content (AvgIpc) is 2.92. The van der Waals surface area contributed by atoms with Crippen molar-refractivity contribution in [2.75, 3.05) is 32.5 Å². The van der Waals surface area contributed by atoms with Crippen LogP contribution < -0.4 is 15.9 Å². The fraction of sp³-hybridized carbons (Fsp3) is 0.222. The van der Waals surface area contributed by atoms with Crippen molar-refractivity contribution in [3.63, 3.8) is 0 Å². The Morgan fingerprint density at radius 3 is 3.00 bits per heavy atom. The minimum absolute atomic E-state index is 0.857. The summed E-state index contributed by atoms with van der Waals surface area (Å²) in [5.41, 5.74) is 3.88. The van der Waals surface area contributed by atoms with Crippen LogP contribution in [0.2, 0.25) is 0 Å². The van der Waals surface area contributed by atoms with Crippen molar-refractivity contribution in [1.29, 1.82) is 5.26 Å². The molecule has 2 aromatic rings. The molecule has 1 aliphatic heterocycles. The molecule has 23 heavy (non-hydrogen) atoms. The molecule has 0 unspecified atom stereocenters. The molecule has 0 radical (unpaired) electrons. The summed E-state index contributed by atoms with van der Waals surface area (Å²) in [6, 6.07) is 8.25. The zero-order chi connectivity index (χ0) is 16.2. The number of para-hydroxylation sites is 1. The van der Waals surface area contributed by atoms with Crippen LogP contribution in [0.25, 0.3) is 11.6 Å². The molecular formula is C18H18N4S. The van der Waals surface area contributed by atoms with Crippen molar-refractivity contribution in [1.82, 2.24) is 4.90 Å². The van der Waals surface area contributed by atoms with E-state index in [-0.39, 0.29) is 0 Å². The van der Waals surface area contributed by atoms with Crippen molar-refractivity contribution in [2.45, 2.75) is 0 Å². The fourth-order valence-electron chi connectivity index (χ4n) is 2.51. The number of thiophene rings is 1. The van der Waals surface area contributed by atoms with Crippen LogP contribution in [0.1, 0.15) is 5.56 Å². The minimum Gasteiger partial charge on any atom is -0.382 e. The molecule has 0 bridgehead atoms. The maximum atomic E-state index is 9.05. The van der Waals surface area contributed by atoms with Crippen LogP contribution in [0, 0.1) is 11.3 Å². The number of likely N-dealkylation sites (N-methyl/N-ethyl adjacent to an activating group) is 1. The highest BCUT2D eigenvalue weighted by Crippen LogP contribution is 2.31. The molecule has 1 N–H and O–H groups in total. The molecule has 0 saturated heterocycles. The van der Waals surface area contributed by atoms with Crippen LogP contribution >= 0.6 is 11.3 Å². The van der Waals surface area contributed by atoms with E-state index in [0.29, 0.717) is 0 Å². The predicted octanol–water partition coefficient (Wildman–Crippen LogP) is 2.37. The zero-order valence-electron chi connectivity index (χ0n) is 13.2. The van der Waals surface area contributed by atoms with E-state index in [1.165, 1.54) is 0 Å². The van der Waals surface area contributed by atoms with Crippen molar-refractivity contribution >= 4 is 34.4 Å². The third kappa shape index (κ3) is 3.34. The number of fused-ring (bicyclic) bond motifs is 2. The number of anilines is 1. The first-order valence-electron chi connectivity index (χ1n) is 7.43. The van der Waals surface area contributed by atoms with Gasteiger partial charge in [-0.1, -0.05) is 12.1 Å². The summed E-state index contributed by atoms with van der Waals surface area (Å²) in [6.07, 6.45) is 3.63. The van der Waals surface area contributed by atoms with E-state index >= 15 is 0 Å². The molecule has 116 valence electrons. The smallest absolute Gasteiger partial charge is 0.0941 e. The molecule has 1 aliphatic rings. The third-order valence-corrected chi connectivity index (χ3v) is 4.39. The standard InChI is InChI=1S/C18H18N4S/c1-22(2)9-8-20-16-5-3-4-14-10-13(6-7-19)15-11-23-12-17(15)21-18(14)16/h3-6,10-12,20H,8-9H2,1-2H3. The Kier molecular flexibility index (Phi) is 4.56. The maximum Gasteiger partial charge on any atom is 0.0941 e. The molecule has 2 heterocycles. The monoisotopic (exact) mass is 322 g/mol. The molecule has 4 nitrogen and oxygen atoms in total. The van der Waals surface area contributed by atoms with E-state index in [1.807, 2.05) is 29.0 Å². The Hall–Kier alpha value is -2.42. The maximum absolute atomic E-state index is 9.05. The van der Waals surface area contributed by atoms with E-state index in [0.717, 1.165) is 46.2 Å². The SMILES string of the molecule is CN(C)CCNc1cccc2c1=Nc1cscc1C(=CC#N)C=2. The van der Waals surface area contributed by atoms with Crippen LogP contribution in [0.15, 0.2) is 40.0 Å². The normalized spacial score (nSPS) is 14.3. The van der Waals surface area contributed by atoms with E-state index in [1.54, 1.807) is 17.4 Å². The molecule has 0 saturated carbocycles. The molecule has 0 aliphatic carbocycles. The van der Waals surface area contributed by atoms with Crippen molar-refractivity contribution in [3.05, 3.63) is 51.2 Å². The number of nitriles is 1. The van der Waals surface area contributed by atoms with Gasteiger partial charge in [-0.25, -0.2) is 4.99 Å². The highest BCUT2D eigenvalue weighted by molar-refractivity contribution is 7.08. The number of nitrogens with one attached hydrogen (secondary N) is 1. The van der Waals surface area contributed by atoms with E-state index in [2.05, 4.69) is 36.4 Å². The Balaban J connectivity index is 2.11. The zero-order valence-corrected chi connectivity index (χ0v) is 14.0. The van der Waals surface area contributed by atoms with Gasteiger partial charge in [0.05, 0.1) is 22.8 Å². The van der Waals surface area contributed by atoms with Crippen molar-refractivity contribution in [3.8, 4) is 6.07 Å². The van der Waals surface area contributed by atoms with Crippen LogP contribution in [-0.4, -0.2) is 32.1 Å². The Labute approximate surface area is 139 Å². The highest BCUT2D eigenvalue weighted by Gasteiger charge is 2.11. The molecule has 0 amide bonds. The number of allylic oxidation sites excluding steroid dienone is 2. The molecule has 0 fully saturated rings. The Morgan fingerprint density at radius 1 is 1.35 bits per heavy atom. The molecule has 0 spiro atoms. The van der Waals surface area contributed by atoms with Crippen LogP contribution in [-0.2, 0) is 0 Å². The quantitative estimate of drug-likeness (QED) is 0.879. The number of benzene rings is 1. The van der Waals surface area contributed by atoms with Crippen molar-refractivity contribution < 1.29 is 0 Å². The number of hydrogen-bond acceptors (Lipinski definition) is 5. The number of rotatable bonds is 4. The summed E-state index contributed by atoms with van der Waals surface area (Å²) in [6.45, 7) is 1.81. The molecule has 1 aromatic carbocycles. The molecule has 0 atom stereocenters. The van der Waals surface area contributed by atoms with Crippen LogP contribution in [0.5, 0.6) is 0 Å². The van der Waals surface area contributed by atoms with Gasteiger partial charge in [-0.05, 0) is 31.8 Å². The third-order valence-electron chi connectivity index (χ3n) is 3.66. The molecular weight excluding hydrogens is 304 g/mol. The van der Waals surface area contributed by atoms with Gasteiger partial charge in [-0.3, -0.25) is 0 Å². The average molecular weight is 322 g/mol. The lowest BCUT2D eigenvalue weighted by atomic mass is 10.1. The van der Waals surface area contributed by atoms with Gasteiger partial charge in [0.15, 0.2) is 0 Å². The summed E-state index contributed by atoms with van der Waals surface area (Å²) in [7, 11) is 4.11. The number of nitrogens with zero attached hydrogens (tertiary/aromatic N) is 3. The minimum atomic E-state index is 0.857. The van der Waals surface area contributed by atoms with Crippen molar-refractivity contribution in [2.24, 2.45) is 4.99 Å². The van der Waals surface area contributed by atoms with E-state index in [9.17, 15) is 0 Å². The van der Waals surface area contributed by atoms with Gasteiger partial charge in [0.1, 0.15) is 0 Å². The summed E-state index contributed by atoms with van der Waals surface area (Å²) < 4.78 is 0. The Morgan fingerprint density at radius 2 is 2.22 bits per heavy atom. The summed E-state index contributed by atoms with van der Waals surface area (Å²) >= 11 is 1.61. The first-order valence-corrected chi connectivity index (χ1v) is 8.38. The first-order chi connectivity index (χ1) is 11.2. The van der Waals surface area contributed by atoms with Gasteiger partial charge in [0.2, 0.25) is 0 Å². The fourth-order valence-corrected chi connectivity index (χ4v) is 3.28. The summed E-state index contributed by atoms with van der Waals surface area (Å²) in [5, 5.41) is 18.6. The van der Waals surface area contributed by atoms with E-state index in [4.69, 9.17) is 10.3 Å². The van der Waals surface area contributed by atoms with Gasteiger partial charge in [-0.15, -0.1) is 11.3 Å². The van der Waals surface area contributed by atoms with Gasteiger partial charge < -0.3 is 10.2 Å². The lowest BCUT2D eigenvalue weighted by molar-refractivity contribution is 0.425. The first kappa shape index (κ1) is 15.5. The molecule has 1 aromatic heterocycles. The highest BCUT2D eigenvalue weighted by atomic mass is 32.1. The van der Waals surface area contributed by atoms with Gasteiger partial charge in [0.25, 0.3) is 0 Å². The second kappa shape index (κ2) is 6.78. The summed E-state index contributed by atoms with van der Waals surface area (Å²) in [5.74, 6) is 0. The van der Waals surface area contributed by atoms with Gasteiger partial charge >= 0.3 is 0 Å². The Bertz CT molecular complexity index is 900. The van der Waals surface area contributed by atoms with E-state index < -0.39 is 0 Å². The largest absolute Gasteiger partial charge is 0.382 e. The van der Waals surface area contributed by atoms with Gasteiger partial charge in [-0.2, -0.15) is 5.26 Å². The second-order valence-corrected chi connectivity index (χ2v) is 6.37.